The summed E-state index contributed by atoms with van der Waals surface area (Å²) in [4.78, 5) is 6.76. The number of hydrogen-bond donors (Lipinski definition) is 0. The van der Waals surface area contributed by atoms with E-state index >= 15 is 0 Å². The van der Waals surface area contributed by atoms with E-state index in [1.165, 1.54) is 36.8 Å². The van der Waals surface area contributed by atoms with Crippen LogP contribution in [0.2, 0.25) is 0 Å². The Morgan fingerprint density at radius 1 is 1.38 bits per heavy atom. The molecular formula is C14H18N2. The molecule has 1 fully saturated rings. The summed E-state index contributed by atoms with van der Waals surface area (Å²) in [5, 5.41) is 0. The minimum absolute atomic E-state index is 0.655. The third-order valence-corrected chi connectivity index (χ3v) is 4.02. The van der Waals surface area contributed by atoms with Gasteiger partial charge in [0.15, 0.2) is 0 Å². The first kappa shape index (κ1) is 10.0. The van der Waals surface area contributed by atoms with E-state index < -0.39 is 0 Å². The quantitative estimate of drug-likeness (QED) is 0.714. The van der Waals surface area contributed by atoms with E-state index in [0.717, 1.165) is 6.04 Å². The van der Waals surface area contributed by atoms with Crippen molar-refractivity contribution in [2.75, 3.05) is 7.05 Å². The van der Waals surface area contributed by atoms with Gasteiger partial charge in [0.1, 0.15) is 0 Å². The number of likely N-dealkylation sites (N-methyl/N-ethyl adjacent to an activating group) is 1. The third-order valence-electron chi connectivity index (χ3n) is 4.02. The molecule has 1 aromatic heterocycles. The van der Waals surface area contributed by atoms with Crippen LogP contribution in [0.4, 0.5) is 0 Å². The second-order valence-corrected chi connectivity index (χ2v) is 4.96. The molecule has 0 radical (unpaired) electrons. The Morgan fingerprint density at radius 3 is 3.06 bits per heavy atom. The highest BCUT2D eigenvalue weighted by Crippen LogP contribution is 2.35. The first-order valence-corrected chi connectivity index (χ1v) is 6.17. The number of piperidine rings is 1. The van der Waals surface area contributed by atoms with Crippen LogP contribution in [0.5, 0.6) is 0 Å². The van der Waals surface area contributed by atoms with E-state index in [-0.39, 0.29) is 0 Å². The summed E-state index contributed by atoms with van der Waals surface area (Å²) in [6.07, 6.45) is 11.5. The summed E-state index contributed by atoms with van der Waals surface area (Å²) in [6, 6.07) is 5.62. The fraction of sp³-hybridized carbons (Fsp3) is 0.500. The van der Waals surface area contributed by atoms with Crippen LogP contribution in [-0.2, 0) is 0 Å². The molecule has 0 spiro atoms. The standard InChI is InChI=1S/C14H18N2/c1-16-13-5-2-6-14(16)9-12(8-13)11-4-3-7-15-10-11/h3-4,7-8,10,13-14H,2,5-6,9H2,1H3/t13-,14+/m1/s1. The SMILES string of the molecule is CN1[C@H]2CCC[C@@H]1C=C(c1cccnc1)C2. The highest BCUT2D eigenvalue weighted by Gasteiger charge is 2.31. The van der Waals surface area contributed by atoms with Gasteiger partial charge in [-0.25, -0.2) is 0 Å². The molecule has 2 heteroatoms. The van der Waals surface area contributed by atoms with Gasteiger partial charge < -0.3 is 0 Å². The van der Waals surface area contributed by atoms with Crippen LogP contribution >= 0.6 is 0 Å². The minimum atomic E-state index is 0.655. The molecule has 0 aromatic carbocycles. The lowest BCUT2D eigenvalue weighted by Gasteiger charge is -2.42. The van der Waals surface area contributed by atoms with Crippen molar-refractivity contribution in [2.45, 2.75) is 37.8 Å². The molecule has 0 N–H and O–H groups in total. The van der Waals surface area contributed by atoms with E-state index in [1.807, 2.05) is 18.5 Å². The van der Waals surface area contributed by atoms with Crippen LogP contribution in [0.3, 0.4) is 0 Å². The van der Waals surface area contributed by atoms with E-state index in [2.05, 4.69) is 29.1 Å². The predicted octanol–water partition coefficient (Wildman–Crippen LogP) is 2.72. The van der Waals surface area contributed by atoms with Gasteiger partial charge in [0.2, 0.25) is 0 Å². The summed E-state index contributed by atoms with van der Waals surface area (Å²) in [5.41, 5.74) is 2.81. The zero-order valence-corrected chi connectivity index (χ0v) is 9.76. The first-order valence-electron chi connectivity index (χ1n) is 6.17. The molecule has 0 unspecified atom stereocenters. The maximum absolute atomic E-state index is 4.22. The van der Waals surface area contributed by atoms with Crippen LogP contribution in [-0.4, -0.2) is 29.0 Å². The van der Waals surface area contributed by atoms with Gasteiger partial charge in [-0.1, -0.05) is 18.6 Å². The Bertz CT molecular complexity index is 396. The Hall–Kier alpha value is -1.15. The van der Waals surface area contributed by atoms with Gasteiger partial charge in [-0.3, -0.25) is 9.88 Å². The molecule has 2 atom stereocenters. The van der Waals surface area contributed by atoms with Gasteiger partial charge >= 0.3 is 0 Å². The van der Waals surface area contributed by atoms with Crippen molar-refractivity contribution >= 4 is 5.57 Å². The van der Waals surface area contributed by atoms with Crippen molar-refractivity contribution in [2.24, 2.45) is 0 Å². The molecule has 0 amide bonds. The molecule has 3 heterocycles. The van der Waals surface area contributed by atoms with Crippen LogP contribution in [0.15, 0.2) is 30.6 Å². The number of nitrogens with zero attached hydrogens (tertiary/aromatic N) is 2. The van der Waals surface area contributed by atoms with Crippen LogP contribution in [0.25, 0.3) is 5.57 Å². The Balaban J connectivity index is 1.93. The molecule has 3 rings (SSSR count). The van der Waals surface area contributed by atoms with E-state index in [1.54, 1.807) is 0 Å². The average molecular weight is 214 g/mol. The lowest BCUT2D eigenvalue weighted by molar-refractivity contribution is 0.137. The van der Waals surface area contributed by atoms with E-state index in [0.29, 0.717) is 6.04 Å². The molecule has 2 aliphatic heterocycles. The monoisotopic (exact) mass is 214 g/mol. The topological polar surface area (TPSA) is 16.1 Å². The van der Waals surface area contributed by atoms with Crippen LogP contribution in [0, 0.1) is 0 Å². The lowest BCUT2D eigenvalue weighted by Crippen LogP contribution is -2.45. The number of rotatable bonds is 1. The molecule has 2 nitrogen and oxygen atoms in total. The third kappa shape index (κ3) is 1.67. The number of fused-ring (bicyclic) bond motifs is 2. The van der Waals surface area contributed by atoms with E-state index in [4.69, 9.17) is 0 Å². The Labute approximate surface area is 97.0 Å². The maximum atomic E-state index is 4.22. The zero-order chi connectivity index (χ0) is 11.0. The summed E-state index contributed by atoms with van der Waals surface area (Å²) in [5.74, 6) is 0. The van der Waals surface area contributed by atoms with Crippen molar-refractivity contribution in [3.63, 3.8) is 0 Å². The number of aromatic nitrogens is 1. The Kier molecular flexibility index (Phi) is 2.52. The smallest absolute Gasteiger partial charge is 0.0342 e. The first-order chi connectivity index (χ1) is 7.84. The van der Waals surface area contributed by atoms with Gasteiger partial charge in [0.25, 0.3) is 0 Å². The molecule has 2 aliphatic rings. The van der Waals surface area contributed by atoms with Gasteiger partial charge in [0, 0.05) is 24.5 Å². The van der Waals surface area contributed by atoms with Crippen molar-refractivity contribution < 1.29 is 0 Å². The van der Waals surface area contributed by atoms with Crippen molar-refractivity contribution in [3.8, 4) is 0 Å². The second kappa shape index (κ2) is 4.02. The molecule has 0 saturated carbocycles. The van der Waals surface area contributed by atoms with Crippen LogP contribution in [0.1, 0.15) is 31.2 Å². The maximum Gasteiger partial charge on any atom is 0.0342 e. The molecule has 84 valence electrons. The van der Waals surface area contributed by atoms with E-state index in [9.17, 15) is 0 Å². The minimum Gasteiger partial charge on any atom is -0.297 e. The van der Waals surface area contributed by atoms with Crippen molar-refractivity contribution in [1.29, 1.82) is 0 Å². The summed E-state index contributed by atoms with van der Waals surface area (Å²) in [7, 11) is 2.27. The molecular weight excluding hydrogens is 196 g/mol. The molecule has 0 aliphatic carbocycles. The van der Waals surface area contributed by atoms with Gasteiger partial charge in [-0.05, 0) is 43.5 Å². The Morgan fingerprint density at radius 2 is 2.31 bits per heavy atom. The fourth-order valence-corrected chi connectivity index (χ4v) is 3.01. The summed E-state index contributed by atoms with van der Waals surface area (Å²) < 4.78 is 0. The highest BCUT2D eigenvalue weighted by atomic mass is 15.2. The normalized spacial score (nSPS) is 29.9. The second-order valence-electron chi connectivity index (χ2n) is 4.96. The van der Waals surface area contributed by atoms with Crippen molar-refractivity contribution in [3.05, 3.63) is 36.2 Å². The van der Waals surface area contributed by atoms with Crippen molar-refractivity contribution in [1.82, 2.24) is 9.88 Å². The number of hydrogen-bond acceptors (Lipinski definition) is 2. The molecule has 1 aromatic rings. The van der Waals surface area contributed by atoms with Gasteiger partial charge in [-0.15, -0.1) is 0 Å². The summed E-state index contributed by atoms with van der Waals surface area (Å²) >= 11 is 0. The fourth-order valence-electron chi connectivity index (χ4n) is 3.01. The van der Waals surface area contributed by atoms with Crippen LogP contribution < -0.4 is 0 Å². The number of pyridine rings is 1. The highest BCUT2D eigenvalue weighted by molar-refractivity contribution is 5.67. The van der Waals surface area contributed by atoms with Gasteiger partial charge in [0.05, 0.1) is 0 Å². The van der Waals surface area contributed by atoms with Gasteiger partial charge in [-0.2, -0.15) is 0 Å². The zero-order valence-electron chi connectivity index (χ0n) is 9.76. The lowest BCUT2D eigenvalue weighted by atomic mass is 9.84. The molecule has 16 heavy (non-hydrogen) atoms. The molecule has 1 saturated heterocycles. The summed E-state index contributed by atoms with van der Waals surface area (Å²) in [6.45, 7) is 0. The average Bonchev–Trinajstić information content (AvgIpc) is 2.30. The molecule has 2 bridgehead atoms. The largest absolute Gasteiger partial charge is 0.297 e. The predicted molar refractivity (Wildman–Crippen MR) is 66.0 cm³/mol.